The third kappa shape index (κ3) is 5.32. The highest BCUT2D eigenvalue weighted by molar-refractivity contribution is 7.99. The number of rotatable bonds is 8. The van der Waals surface area contributed by atoms with Crippen LogP contribution in [-0.4, -0.2) is 44.2 Å². The van der Waals surface area contributed by atoms with Crippen molar-refractivity contribution in [2.45, 2.75) is 63.0 Å². The minimum Gasteiger partial charge on any atom is -0.465 e. The SMILES string of the molecule is CCOC(=O)C(C)(CC(C)Sc1ncnn1C)NC(C)C. The molecule has 120 valence electrons. The molecule has 0 saturated heterocycles. The maximum absolute atomic E-state index is 12.3. The van der Waals surface area contributed by atoms with Gasteiger partial charge in [0.2, 0.25) is 0 Å². The number of hydrogen-bond donors (Lipinski definition) is 1. The van der Waals surface area contributed by atoms with Crippen molar-refractivity contribution in [3.8, 4) is 0 Å². The summed E-state index contributed by atoms with van der Waals surface area (Å²) in [6, 6.07) is 0.200. The molecule has 21 heavy (non-hydrogen) atoms. The molecule has 7 heteroatoms. The fraction of sp³-hybridized carbons (Fsp3) is 0.786. The predicted octanol–water partition coefficient (Wildman–Crippen LogP) is 2.01. The summed E-state index contributed by atoms with van der Waals surface area (Å²) in [6.45, 7) is 10.2. The minimum atomic E-state index is -0.699. The molecule has 1 rings (SSSR count). The summed E-state index contributed by atoms with van der Waals surface area (Å²) in [5.74, 6) is -0.205. The summed E-state index contributed by atoms with van der Waals surface area (Å²) < 4.78 is 6.96. The number of nitrogens with zero attached hydrogens (tertiary/aromatic N) is 3. The molecule has 0 saturated carbocycles. The van der Waals surface area contributed by atoms with Crippen molar-refractivity contribution >= 4 is 17.7 Å². The Labute approximate surface area is 131 Å². The van der Waals surface area contributed by atoms with Crippen LogP contribution < -0.4 is 5.32 Å². The van der Waals surface area contributed by atoms with Gasteiger partial charge in [0.15, 0.2) is 5.16 Å². The van der Waals surface area contributed by atoms with Crippen molar-refractivity contribution in [1.29, 1.82) is 0 Å². The van der Waals surface area contributed by atoms with Gasteiger partial charge in [0.1, 0.15) is 11.9 Å². The Bertz CT molecular complexity index is 464. The Morgan fingerprint density at radius 3 is 2.67 bits per heavy atom. The first kappa shape index (κ1) is 18.0. The van der Waals surface area contributed by atoms with E-state index in [1.165, 1.54) is 6.33 Å². The number of esters is 1. The van der Waals surface area contributed by atoms with Crippen molar-refractivity contribution in [2.75, 3.05) is 6.61 Å². The van der Waals surface area contributed by atoms with E-state index >= 15 is 0 Å². The molecule has 1 aromatic rings. The van der Waals surface area contributed by atoms with Gasteiger partial charge in [-0.2, -0.15) is 5.10 Å². The molecule has 2 unspecified atom stereocenters. The average molecular weight is 314 g/mol. The zero-order valence-corrected chi connectivity index (χ0v) is 14.5. The highest BCUT2D eigenvalue weighted by atomic mass is 32.2. The number of thioether (sulfide) groups is 1. The van der Waals surface area contributed by atoms with E-state index in [-0.39, 0.29) is 17.3 Å². The van der Waals surface area contributed by atoms with Crippen LogP contribution in [0.25, 0.3) is 0 Å². The van der Waals surface area contributed by atoms with Gasteiger partial charge in [-0.25, -0.2) is 9.67 Å². The van der Waals surface area contributed by atoms with Crippen LogP contribution in [0.5, 0.6) is 0 Å². The number of nitrogens with one attached hydrogen (secondary N) is 1. The van der Waals surface area contributed by atoms with Crippen LogP contribution in [-0.2, 0) is 16.6 Å². The second-order valence-corrected chi connectivity index (χ2v) is 7.06. The second kappa shape index (κ2) is 7.79. The first-order valence-electron chi connectivity index (χ1n) is 7.24. The van der Waals surface area contributed by atoms with Gasteiger partial charge in [-0.05, 0) is 34.1 Å². The van der Waals surface area contributed by atoms with Gasteiger partial charge < -0.3 is 4.74 Å². The van der Waals surface area contributed by atoms with E-state index in [1.54, 1.807) is 16.4 Å². The third-order valence-electron chi connectivity index (χ3n) is 3.01. The number of hydrogen-bond acceptors (Lipinski definition) is 6. The summed E-state index contributed by atoms with van der Waals surface area (Å²) in [5, 5.41) is 8.44. The molecule has 2 atom stereocenters. The standard InChI is InChI=1S/C14H26N4O2S/c1-7-20-12(19)14(5,17-10(2)3)8-11(4)21-13-15-9-16-18(13)6/h9-11,17H,7-8H2,1-6H3. The minimum absolute atomic E-state index is 0.200. The van der Waals surface area contributed by atoms with Gasteiger partial charge in [0.25, 0.3) is 0 Å². The van der Waals surface area contributed by atoms with Crippen LogP contribution in [0.1, 0.15) is 41.0 Å². The summed E-state index contributed by atoms with van der Waals surface area (Å²) in [4.78, 5) is 16.5. The van der Waals surface area contributed by atoms with Gasteiger partial charge in [-0.1, -0.05) is 18.7 Å². The average Bonchev–Trinajstić information content (AvgIpc) is 2.73. The topological polar surface area (TPSA) is 69.0 Å². The van der Waals surface area contributed by atoms with Crippen molar-refractivity contribution in [2.24, 2.45) is 7.05 Å². The molecule has 6 nitrogen and oxygen atoms in total. The number of aryl methyl sites for hydroxylation is 1. The first-order chi connectivity index (χ1) is 9.78. The van der Waals surface area contributed by atoms with Crippen LogP contribution in [0.2, 0.25) is 0 Å². The zero-order chi connectivity index (χ0) is 16.0. The van der Waals surface area contributed by atoms with Gasteiger partial charge in [-0.3, -0.25) is 10.1 Å². The lowest BCUT2D eigenvalue weighted by atomic mass is 9.95. The summed E-state index contributed by atoms with van der Waals surface area (Å²) >= 11 is 1.61. The van der Waals surface area contributed by atoms with E-state index in [0.29, 0.717) is 13.0 Å². The Hall–Kier alpha value is -1.08. The van der Waals surface area contributed by atoms with Gasteiger partial charge in [0.05, 0.1) is 6.61 Å². The van der Waals surface area contributed by atoms with Crippen molar-refractivity contribution in [3.63, 3.8) is 0 Å². The van der Waals surface area contributed by atoms with Crippen LogP contribution in [0, 0.1) is 0 Å². The van der Waals surface area contributed by atoms with E-state index in [4.69, 9.17) is 4.74 Å². The van der Waals surface area contributed by atoms with E-state index in [9.17, 15) is 4.79 Å². The molecule has 1 N–H and O–H groups in total. The van der Waals surface area contributed by atoms with Crippen molar-refractivity contribution in [1.82, 2.24) is 20.1 Å². The fourth-order valence-electron chi connectivity index (χ4n) is 2.32. The van der Waals surface area contributed by atoms with E-state index in [1.807, 2.05) is 34.7 Å². The molecule has 0 fully saturated rings. The molecular weight excluding hydrogens is 288 g/mol. The third-order valence-corrected chi connectivity index (χ3v) is 4.15. The molecule has 1 aromatic heterocycles. The number of carbonyl (C=O) groups is 1. The molecule has 0 aliphatic rings. The molecule has 0 aromatic carbocycles. The first-order valence-corrected chi connectivity index (χ1v) is 8.12. The highest BCUT2D eigenvalue weighted by Crippen LogP contribution is 2.28. The summed E-state index contributed by atoms with van der Waals surface area (Å²) in [7, 11) is 1.86. The molecule has 0 amide bonds. The van der Waals surface area contributed by atoms with Gasteiger partial charge >= 0.3 is 5.97 Å². The quantitative estimate of drug-likeness (QED) is 0.585. The molecular formula is C14H26N4O2S. The smallest absolute Gasteiger partial charge is 0.326 e. The van der Waals surface area contributed by atoms with Crippen LogP contribution in [0.3, 0.4) is 0 Å². The highest BCUT2D eigenvalue weighted by Gasteiger charge is 2.37. The second-order valence-electron chi connectivity index (χ2n) is 5.65. The van der Waals surface area contributed by atoms with E-state index in [2.05, 4.69) is 22.3 Å². The van der Waals surface area contributed by atoms with Crippen molar-refractivity contribution in [3.05, 3.63) is 6.33 Å². The molecule has 0 aliphatic carbocycles. The van der Waals surface area contributed by atoms with Gasteiger partial charge in [-0.15, -0.1) is 0 Å². The Balaban J connectivity index is 2.75. The van der Waals surface area contributed by atoms with Crippen LogP contribution in [0.15, 0.2) is 11.5 Å². The Morgan fingerprint density at radius 2 is 2.19 bits per heavy atom. The van der Waals surface area contributed by atoms with Crippen LogP contribution in [0.4, 0.5) is 0 Å². The Kier molecular flexibility index (Phi) is 6.67. The monoisotopic (exact) mass is 314 g/mol. The normalized spacial score (nSPS) is 15.8. The Morgan fingerprint density at radius 1 is 1.52 bits per heavy atom. The predicted molar refractivity (Wildman–Crippen MR) is 84.2 cm³/mol. The van der Waals surface area contributed by atoms with E-state index in [0.717, 1.165) is 5.16 Å². The van der Waals surface area contributed by atoms with E-state index < -0.39 is 5.54 Å². The van der Waals surface area contributed by atoms with Crippen LogP contribution >= 0.6 is 11.8 Å². The lowest BCUT2D eigenvalue weighted by Gasteiger charge is -2.32. The lowest BCUT2D eigenvalue weighted by Crippen LogP contribution is -2.54. The van der Waals surface area contributed by atoms with Gasteiger partial charge in [0, 0.05) is 18.3 Å². The zero-order valence-electron chi connectivity index (χ0n) is 13.7. The molecule has 0 radical (unpaired) electrons. The maximum Gasteiger partial charge on any atom is 0.326 e. The molecule has 1 heterocycles. The van der Waals surface area contributed by atoms with Crippen molar-refractivity contribution < 1.29 is 9.53 Å². The number of aromatic nitrogens is 3. The number of ether oxygens (including phenoxy) is 1. The number of carbonyl (C=O) groups excluding carboxylic acids is 1. The summed E-state index contributed by atoms with van der Waals surface area (Å²) in [6.07, 6.45) is 2.19. The molecule has 0 aliphatic heterocycles. The largest absolute Gasteiger partial charge is 0.465 e. The maximum atomic E-state index is 12.3. The molecule has 0 bridgehead atoms. The lowest BCUT2D eigenvalue weighted by molar-refractivity contribution is -0.151. The fourth-order valence-corrected chi connectivity index (χ4v) is 3.40. The summed E-state index contributed by atoms with van der Waals surface area (Å²) in [5.41, 5.74) is -0.699. The molecule has 0 spiro atoms.